The number of rotatable bonds is 10. The van der Waals surface area contributed by atoms with E-state index in [1.807, 2.05) is 18.2 Å². The van der Waals surface area contributed by atoms with Crippen LogP contribution < -0.4 is 11.1 Å². The standard InChI is InChI=1S/C16H27ClN2/c1-2-3-4-5-6-7-8-9-13-19-16-14(17)11-10-12-15(16)18/h10-12,19H,2-9,13,18H2,1H3. The second kappa shape index (κ2) is 9.96. The Morgan fingerprint density at radius 2 is 1.63 bits per heavy atom. The predicted molar refractivity (Wildman–Crippen MR) is 87.0 cm³/mol. The van der Waals surface area contributed by atoms with Crippen molar-refractivity contribution in [1.82, 2.24) is 0 Å². The molecule has 0 spiro atoms. The van der Waals surface area contributed by atoms with E-state index in [0.717, 1.165) is 17.9 Å². The maximum Gasteiger partial charge on any atom is 0.0763 e. The van der Waals surface area contributed by atoms with Crippen LogP contribution >= 0.6 is 11.6 Å². The van der Waals surface area contributed by atoms with Gasteiger partial charge in [-0.3, -0.25) is 0 Å². The van der Waals surface area contributed by atoms with E-state index in [0.29, 0.717) is 5.02 Å². The minimum atomic E-state index is 0.708. The van der Waals surface area contributed by atoms with Gasteiger partial charge in [0.15, 0.2) is 0 Å². The molecule has 0 atom stereocenters. The molecule has 1 rings (SSSR count). The molecule has 0 fully saturated rings. The van der Waals surface area contributed by atoms with E-state index in [2.05, 4.69) is 12.2 Å². The zero-order valence-corrected chi connectivity index (χ0v) is 12.8. The SMILES string of the molecule is CCCCCCCCCCNc1c(N)cccc1Cl. The van der Waals surface area contributed by atoms with Crippen molar-refractivity contribution in [2.24, 2.45) is 0 Å². The fraction of sp³-hybridized carbons (Fsp3) is 0.625. The van der Waals surface area contributed by atoms with Crippen LogP contribution in [0.4, 0.5) is 11.4 Å². The van der Waals surface area contributed by atoms with Crippen molar-refractivity contribution >= 4 is 23.0 Å². The van der Waals surface area contributed by atoms with Crippen molar-refractivity contribution < 1.29 is 0 Å². The fourth-order valence-corrected chi connectivity index (χ4v) is 2.45. The molecule has 0 unspecified atom stereocenters. The first kappa shape index (κ1) is 16.2. The van der Waals surface area contributed by atoms with Gasteiger partial charge in [0.1, 0.15) is 0 Å². The monoisotopic (exact) mass is 282 g/mol. The van der Waals surface area contributed by atoms with Gasteiger partial charge in [0.2, 0.25) is 0 Å². The number of hydrogen-bond donors (Lipinski definition) is 2. The van der Waals surface area contributed by atoms with Crippen LogP contribution in [-0.2, 0) is 0 Å². The number of anilines is 2. The Bertz CT molecular complexity index is 332. The lowest BCUT2D eigenvalue weighted by molar-refractivity contribution is 0.581. The van der Waals surface area contributed by atoms with Crippen molar-refractivity contribution in [2.75, 3.05) is 17.6 Å². The topological polar surface area (TPSA) is 38.0 Å². The van der Waals surface area contributed by atoms with E-state index in [1.165, 1.54) is 51.4 Å². The Morgan fingerprint density at radius 3 is 2.26 bits per heavy atom. The van der Waals surface area contributed by atoms with E-state index in [4.69, 9.17) is 17.3 Å². The van der Waals surface area contributed by atoms with Crippen molar-refractivity contribution in [3.8, 4) is 0 Å². The number of hydrogen-bond acceptors (Lipinski definition) is 2. The van der Waals surface area contributed by atoms with E-state index in [-0.39, 0.29) is 0 Å². The van der Waals surface area contributed by atoms with Crippen molar-refractivity contribution in [3.05, 3.63) is 23.2 Å². The molecule has 1 aromatic carbocycles. The number of nitrogens with two attached hydrogens (primary N) is 1. The first-order valence-corrected chi connectivity index (χ1v) is 7.91. The molecule has 3 heteroatoms. The molecular formula is C16H27ClN2. The molecule has 0 aliphatic carbocycles. The number of para-hydroxylation sites is 1. The molecule has 2 nitrogen and oxygen atoms in total. The van der Waals surface area contributed by atoms with Crippen LogP contribution in [0.1, 0.15) is 58.3 Å². The van der Waals surface area contributed by atoms with Crippen molar-refractivity contribution in [2.45, 2.75) is 58.3 Å². The van der Waals surface area contributed by atoms with E-state index in [9.17, 15) is 0 Å². The second-order valence-corrected chi connectivity index (χ2v) is 5.51. The highest BCUT2D eigenvalue weighted by Crippen LogP contribution is 2.27. The Morgan fingerprint density at radius 1 is 1.00 bits per heavy atom. The third kappa shape index (κ3) is 6.72. The number of nitrogen functional groups attached to an aromatic ring is 1. The second-order valence-electron chi connectivity index (χ2n) is 5.11. The summed E-state index contributed by atoms with van der Waals surface area (Å²) in [5, 5.41) is 4.04. The van der Waals surface area contributed by atoms with Crippen molar-refractivity contribution in [3.63, 3.8) is 0 Å². The molecule has 0 saturated heterocycles. The quantitative estimate of drug-likeness (QED) is 0.441. The van der Waals surface area contributed by atoms with Crippen LogP contribution in [0.2, 0.25) is 5.02 Å². The van der Waals surface area contributed by atoms with Gasteiger partial charge in [0.05, 0.1) is 16.4 Å². The van der Waals surface area contributed by atoms with E-state index in [1.54, 1.807) is 0 Å². The molecule has 0 amide bonds. The summed E-state index contributed by atoms with van der Waals surface area (Å²) in [6, 6.07) is 5.62. The molecule has 108 valence electrons. The number of unbranched alkanes of at least 4 members (excludes halogenated alkanes) is 7. The summed E-state index contributed by atoms with van der Waals surface area (Å²) in [5.74, 6) is 0. The van der Waals surface area contributed by atoms with Crippen LogP contribution in [0.25, 0.3) is 0 Å². The average Bonchev–Trinajstić information content (AvgIpc) is 2.40. The lowest BCUT2D eigenvalue weighted by Crippen LogP contribution is -2.04. The van der Waals surface area contributed by atoms with Gasteiger partial charge in [-0.1, -0.05) is 69.5 Å². The smallest absolute Gasteiger partial charge is 0.0763 e. The Labute approximate surface area is 122 Å². The third-order valence-corrected chi connectivity index (χ3v) is 3.69. The van der Waals surface area contributed by atoms with E-state index >= 15 is 0 Å². The minimum Gasteiger partial charge on any atom is -0.397 e. The zero-order valence-electron chi connectivity index (χ0n) is 12.1. The van der Waals surface area contributed by atoms with Gasteiger partial charge < -0.3 is 11.1 Å². The Balaban J connectivity index is 2.05. The van der Waals surface area contributed by atoms with Gasteiger partial charge in [0.25, 0.3) is 0 Å². The molecule has 0 bridgehead atoms. The molecule has 0 aromatic heterocycles. The van der Waals surface area contributed by atoms with Gasteiger partial charge in [0, 0.05) is 6.54 Å². The highest BCUT2D eigenvalue weighted by atomic mass is 35.5. The normalized spacial score (nSPS) is 10.6. The molecule has 0 aliphatic rings. The summed E-state index contributed by atoms with van der Waals surface area (Å²) in [7, 11) is 0. The molecule has 0 saturated carbocycles. The minimum absolute atomic E-state index is 0.708. The molecule has 3 N–H and O–H groups in total. The highest BCUT2D eigenvalue weighted by molar-refractivity contribution is 6.33. The number of nitrogens with one attached hydrogen (secondary N) is 1. The maximum atomic E-state index is 6.10. The van der Waals surface area contributed by atoms with Gasteiger partial charge in [-0.25, -0.2) is 0 Å². The van der Waals surface area contributed by atoms with Crippen molar-refractivity contribution in [1.29, 1.82) is 0 Å². The van der Waals surface area contributed by atoms with Gasteiger partial charge in [-0.15, -0.1) is 0 Å². The lowest BCUT2D eigenvalue weighted by atomic mass is 10.1. The van der Waals surface area contributed by atoms with Crippen LogP contribution in [0.5, 0.6) is 0 Å². The van der Waals surface area contributed by atoms with Crippen LogP contribution in [0, 0.1) is 0 Å². The molecule has 0 radical (unpaired) electrons. The molecule has 0 heterocycles. The Kier molecular flexibility index (Phi) is 8.48. The summed E-state index contributed by atoms with van der Waals surface area (Å²) < 4.78 is 0. The molecular weight excluding hydrogens is 256 g/mol. The molecule has 19 heavy (non-hydrogen) atoms. The third-order valence-electron chi connectivity index (χ3n) is 3.38. The number of halogens is 1. The first-order valence-electron chi connectivity index (χ1n) is 7.53. The van der Waals surface area contributed by atoms with Crippen LogP contribution in [0.15, 0.2) is 18.2 Å². The van der Waals surface area contributed by atoms with Gasteiger partial charge in [-0.05, 0) is 18.6 Å². The molecule has 1 aromatic rings. The molecule has 0 aliphatic heterocycles. The summed E-state index contributed by atoms with van der Waals surface area (Å²) in [6.45, 7) is 3.20. The fourth-order valence-electron chi connectivity index (χ4n) is 2.20. The van der Waals surface area contributed by atoms with Gasteiger partial charge >= 0.3 is 0 Å². The van der Waals surface area contributed by atoms with E-state index < -0.39 is 0 Å². The van der Waals surface area contributed by atoms with Crippen LogP contribution in [0.3, 0.4) is 0 Å². The summed E-state index contributed by atoms with van der Waals surface area (Å²) >= 11 is 6.10. The lowest BCUT2D eigenvalue weighted by Gasteiger charge is -2.10. The Hall–Kier alpha value is -0.890. The average molecular weight is 283 g/mol. The zero-order chi connectivity index (χ0) is 13.9. The first-order chi connectivity index (χ1) is 9.25. The highest BCUT2D eigenvalue weighted by Gasteiger charge is 2.02. The maximum absolute atomic E-state index is 6.10. The summed E-state index contributed by atoms with van der Waals surface area (Å²) in [5.41, 5.74) is 7.49. The number of benzene rings is 1. The largest absolute Gasteiger partial charge is 0.397 e. The summed E-state index contributed by atoms with van der Waals surface area (Å²) in [4.78, 5) is 0. The summed E-state index contributed by atoms with van der Waals surface area (Å²) in [6.07, 6.45) is 10.7. The predicted octanol–water partition coefficient (Wildman–Crippen LogP) is 5.47. The van der Waals surface area contributed by atoms with Gasteiger partial charge in [-0.2, -0.15) is 0 Å². The van der Waals surface area contributed by atoms with Crippen LogP contribution in [-0.4, -0.2) is 6.54 Å².